The van der Waals surface area contributed by atoms with E-state index < -0.39 is 5.97 Å². The van der Waals surface area contributed by atoms with Crippen LogP contribution in [0.25, 0.3) is 0 Å². The fourth-order valence-corrected chi connectivity index (χ4v) is 2.61. The average molecular weight is 312 g/mol. The Morgan fingerprint density at radius 2 is 2.00 bits per heavy atom. The van der Waals surface area contributed by atoms with Crippen LogP contribution in [-0.4, -0.2) is 24.2 Å². The van der Waals surface area contributed by atoms with Crippen LogP contribution in [0.4, 0.5) is 5.69 Å². The zero-order valence-corrected chi connectivity index (χ0v) is 12.5. The molecule has 1 saturated heterocycles. The van der Waals surface area contributed by atoms with Crippen molar-refractivity contribution in [2.24, 2.45) is 11.3 Å². The van der Waals surface area contributed by atoms with Crippen LogP contribution in [0.15, 0.2) is 22.7 Å². The average Bonchev–Trinajstić information content (AvgIpc) is 2.15. The number of rotatable bonds is 2. The maximum absolute atomic E-state index is 11.0. The topological polar surface area (TPSA) is 40.5 Å². The molecule has 1 heterocycles. The summed E-state index contributed by atoms with van der Waals surface area (Å²) in [5.74, 6) is -0.213. The molecule has 0 atom stereocenters. The highest BCUT2D eigenvalue weighted by molar-refractivity contribution is 9.10. The second kappa shape index (κ2) is 4.57. The van der Waals surface area contributed by atoms with Crippen LogP contribution in [0, 0.1) is 11.3 Å². The molecule has 1 N–H and O–H groups in total. The van der Waals surface area contributed by atoms with Crippen LogP contribution >= 0.6 is 15.9 Å². The lowest BCUT2D eigenvalue weighted by Gasteiger charge is -2.48. The molecule has 1 aromatic rings. The first-order valence-electron chi connectivity index (χ1n) is 6.07. The molecule has 0 aliphatic carbocycles. The first kappa shape index (κ1) is 13.4. The van der Waals surface area contributed by atoms with Gasteiger partial charge in [0.05, 0.1) is 11.3 Å². The maximum atomic E-state index is 11.0. The second-order valence-electron chi connectivity index (χ2n) is 5.94. The number of halogens is 1. The Labute approximate surface area is 116 Å². The van der Waals surface area contributed by atoms with E-state index in [0.29, 0.717) is 16.9 Å². The quantitative estimate of drug-likeness (QED) is 0.906. The molecule has 0 unspecified atom stereocenters. The molecule has 1 fully saturated rings. The first-order valence-corrected chi connectivity index (χ1v) is 6.86. The van der Waals surface area contributed by atoms with Crippen molar-refractivity contribution in [3.8, 4) is 0 Å². The van der Waals surface area contributed by atoms with Crippen LogP contribution in [-0.2, 0) is 0 Å². The molecule has 4 heteroatoms. The molecule has 1 aliphatic rings. The smallest absolute Gasteiger partial charge is 0.335 e. The van der Waals surface area contributed by atoms with Crippen molar-refractivity contribution in [3.05, 3.63) is 28.2 Å². The van der Waals surface area contributed by atoms with Crippen LogP contribution < -0.4 is 4.90 Å². The Morgan fingerprint density at radius 3 is 2.50 bits per heavy atom. The highest BCUT2D eigenvalue weighted by Gasteiger charge is 2.36. The highest BCUT2D eigenvalue weighted by Crippen LogP contribution is 2.39. The fourth-order valence-electron chi connectivity index (χ4n) is 2.11. The van der Waals surface area contributed by atoms with Gasteiger partial charge in [0.25, 0.3) is 0 Å². The van der Waals surface area contributed by atoms with Gasteiger partial charge in [-0.25, -0.2) is 4.79 Å². The lowest BCUT2D eigenvalue weighted by Crippen LogP contribution is -2.52. The Balaban J connectivity index is 2.16. The van der Waals surface area contributed by atoms with Crippen molar-refractivity contribution < 1.29 is 9.90 Å². The molecule has 3 nitrogen and oxygen atoms in total. The molecule has 0 bridgehead atoms. The van der Waals surface area contributed by atoms with Gasteiger partial charge in [0.15, 0.2) is 0 Å². The molecular weight excluding hydrogens is 294 g/mol. The number of hydrogen-bond acceptors (Lipinski definition) is 2. The summed E-state index contributed by atoms with van der Waals surface area (Å²) in [4.78, 5) is 13.2. The van der Waals surface area contributed by atoms with Crippen molar-refractivity contribution in [2.45, 2.75) is 20.8 Å². The van der Waals surface area contributed by atoms with Crippen LogP contribution in [0.2, 0.25) is 0 Å². The summed E-state index contributed by atoms with van der Waals surface area (Å²) in [6, 6.07) is 5.17. The van der Waals surface area contributed by atoms with E-state index >= 15 is 0 Å². The van der Waals surface area contributed by atoms with E-state index in [1.807, 2.05) is 6.07 Å². The molecule has 0 aromatic heterocycles. The Kier molecular flexibility index (Phi) is 3.41. The fraction of sp³-hybridized carbons (Fsp3) is 0.500. The minimum absolute atomic E-state index is 0.313. The van der Waals surface area contributed by atoms with Gasteiger partial charge in [0, 0.05) is 17.6 Å². The summed E-state index contributed by atoms with van der Waals surface area (Å²) in [7, 11) is 0. The third kappa shape index (κ3) is 2.53. The van der Waals surface area contributed by atoms with E-state index in [9.17, 15) is 4.79 Å². The monoisotopic (exact) mass is 311 g/mol. The van der Waals surface area contributed by atoms with Crippen LogP contribution in [0.5, 0.6) is 0 Å². The molecular formula is C14H18BrNO2. The summed E-state index contributed by atoms with van der Waals surface area (Å²) < 4.78 is 0.958. The number of carbonyl (C=O) groups is 1. The van der Waals surface area contributed by atoms with E-state index in [4.69, 9.17) is 5.11 Å². The van der Waals surface area contributed by atoms with E-state index in [1.54, 1.807) is 12.1 Å². The summed E-state index contributed by atoms with van der Waals surface area (Å²) in [5, 5.41) is 9.02. The number of anilines is 1. The molecule has 0 amide bonds. The van der Waals surface area contributed by atoms with Crippen LogP contribution in [0.1, 0.15) is 31.1 Å². The standard InChI is InChI=1S/C14H18BrNO2/c1-14(2,3)10-7-16(8-10)12-6-9(13(17)18)4-5-11(12)15/h4-6,10H,7-8H2,1-3H3,(H,17,18). The molecule has 98 valence electrons. The van der Waals surface area contributed by atoms with E-state index in [2.05, 4.69) is 41.6 Å². The number of nitrogens with zero attached hydrogens (tertiary/aromatic N) is 1. The van der Waals surface area contributed by atoms with Crippen molar-refractivity contribution in [3.63, 3.8) is 0 Å². The molecule has 2 rings (SSSR count). The predicted octanol–water partition coefficient (Wildman–Crippen LogP) is 3.63. The van der Waals surface area contributed by atoms with Gasteiger partial charge >= 0.3 is 5.97 Å². The SMILES string of the molecule is CC(C)(C)C1CN(c2cc(C(=O)O)ccc2Br)C1. The Bertz CT molecular complexity index is 473. The van der Waals surface area contributed by atoms with Crippen molar-refractivity contribution >= 4 is 27.6 Å². The van der Waals surface area contributed by atoms with E-state index in [0.717, 1.165) is 23.2 Å². The van der Waals surface area contributed by atoms with Gasteiger partial charge in [-0.15, -0.1) is 0 Å². The second-order valence-corrected chi connectivity index (χ2v) is 6.79. The number of aromatic carboxylic acids is 1. The summed E-state index contributed by atoms with van der Waals surface area (Å²) in [5.41, 5.74) is 1.63. The van der Waals surface area contributed by atoms with Gasteiger partial charge < -0.3 is 10.0 Å². The van der Waals surface area contributed by atoms with Gasteiger partial charge in [0.1, 0.15) is 0 Å². The number of carboxylic acids is 1. The largest absolute Gasteiger partial charge is 0.478 e. The summed E-state index contributed by atoms with van der Waals surface area (Å²) in [6.07, 6.45) is 0. The van der Waals surface area contributed by atoms with E-state index in [1.165, 1.54) is 0 Å². The van der Waals surface area contributed by atoms with Gasteiger partial charge in [-0.2, -0.15) is 0 Å². The van der Waals surface area contributed by atoms with Crippen LogP contribution in [0.3, 0.4) is 0 Å². The molecule has 18 heavy (non-hydrogen) atoms. The Hall–Kier alpha value is -1.03. The predicted molar refractivity (Wildman–Crippen MR) is 76.3 cm³/mol. The maximum Gasteiger partial charge on any atom is 0.335 e. The molecule has 0 radical (unpaired) electrons. The number of hydrogen-bond donors (Lipinski definition) is 1. The minimum Gasteiger partial charge on any atom is -0.478 e. The molecule has 0 spiro atoms. The van der Waals surface area contributed by atoms with Gasteiger partial charge in [-0.05, 0) is 45.5 Å². The van der Waals surface area contributed by atoms with Crippen molar-refractivity contribution in [2.75, 3.05) is 18.0 Å². The molecule has 1 aliphatic heterocycles. The van der Waals surface area contributed by atoms with E-state index in [-0.39, 0.29) is 0 Å². The minimum atomic E-state index is -0.878. The summed E-state index contributed by atoms with van der Waals surface area (Å²) in [6.45, 7) is 8.73. The lowest BCUT2D eigenvalue weighted by atomic mass is 9.76. The van der Waals surface area contributed by atoms with Crippen molar-refractivity contribution in [1.29, 1.82) is 0 Å². The molecule has 1 aromatic carbocycles. The third-order valence-corrected chi connectivity index (χ3v) is 4.31. The zero-order chi connectivity index (χ0) is 13.5. The lowest BCUT2D eigenvalue weighted by molar-refractivity contribution is 0.0697. The number of benzene rings is 1. The Morgan fingerprint density at radius 1 is 1.39 bits per heavy atom. The highest BCUT2D eigenvalue weighted by atomic mass is 79.9. The van der Waals surface area contributed by atoms with Gasteiger partial charge in [-0.3, -0.25) is 0 Å². The normalized spacial score (nSPS) is 16.6. The zero-order valence-electron chi connectivity index (χ0n) is 10.9. The first-order chi connectivity index (χ1) is 8.29. The van der Waals surface area contributed by atoms with Gasteiger partial charge in [-0.1, -0.05) is 20.8 Å². The van der Waals surface area contributed by atoms with Gasteiger partial charge in [0.2, 0.25) is 0 Å². The molecule has 0 saturated carbocycles. The summed E-state index contributed by atoms with van der Waals surface area (Å²) >= 11 is 3.49. The third-order valence-electron chi connectivity index (χ3n) is 3.64. The van der Waals surface area contributed by atoms with Crippen molar-refractivity contribution in [1.82, 2.24) is 0 Å². The number of carboxylic acid groups (broad SMARTS) is 1.